The highest BCUT2D eigenvalue weighted by Crippen LogP contribution is 2.32. The Hall–Kier alpha value is -2.17. The predicted octanol–water partition coefficient (Wildman–Crippen LogP) is 1.99. The first-order valence-electron chi connectivity index (χ1n) is 6.90. The van der Waals surface area contributed by atoms with Crippen molar-refractivity contribution in [1.29, 1.82) is 0 Å². The molecule has 1 heterocycles. The number of amides is 2. The molecule has 2 rings (SSSR count). The Morgan fingerprint density at radius 3 is 2.05 bits per heavy atom. The van der Waals surface area contributed by atoms with Gasteiger partial charge in [-0.2, -0.15) is 0 Å². The Balaban J connectivity index is 2.06. The molecule has 112 valence electrons. The quantitative estimate of drug-likeness (QED) is 0.860. The third-order valence-corrected chi connectivity index (χ3v) is 3.58. The fraction of sp³-hybridized carbons (Fsp3) is 0.438. The van der Waals surface area contributed by atoms with Gasteiger partial charge in [-0.25, -0.2) is 0 Å². The van der Waals surface area contributed by atoms with Gasteiger partial charge in [-0.3, -0.25) is 19.3 Å². The monoisotopic (exact) mass is 289 g/mol. The number of likely N-dealkylation sites (tertiary alicyclic amines) is 1. The van der Waals surface area contributed by atoms with Gasteiger partial charge in [0.05, 0.1) is 13.0 Å². The first kappa shape index (κ1) is 15.2. The third kappa shape index (κ3) is 3.90. The van der Waals surface area contributed by atoms with Gasteiger partial charge in [0, 0.05) is 12.8 Å². The summed E-state index contributed by atoms with van der Waals surface area (Å²) in [7, 11) is 0. The number of nitrogens with zero attached hydrogens (tertiary/aromatic N) is 1. The molecule has 21 heavy (non-hydrogen) atoms. The lowest BCUT2D eigenvalue weighted by Crippen LogP contribution is -2.45. The highest BCUT2D eigenvalue weighted by Gasteiger charge is 2.37. The minimum atomic E-state index is -0.883. The van der Waals surface area contributed by atoms with E-state index in [0.29, 0.717) is 18.4 Å². The maximum Gasteiger partial charge on any atom is 0.307 e. The van der Waals surface area contributed by atoms with Crippen LogP contribution in [-0.4, -0.2) is 27.8 Å². The molecule has 0 bridgehead atoms. The highest BCUT2D eigenvalue weighted by atomic mass is 16.4. The van der Waals surface area contributed by atoms with E-state index in [-0.39, 0.29) is 30.2 Å². The fourth-order valence-corrected chi connectivity index (χ4v) is 2.51. The van der Waals surface area contributed by atoms with Crippen LogP contribution in [0.25, 0.3) is 0 Å². The number of carbonyl (C=O) groups is 3. The van der Waals surface area contributed by atoms with E-state index in [9.17, 15) is 14.4 Å². The van der Waals surface area contributed by atoms with E-state index >= 15 is 0 Å². The molecule has 1 aliphatic rings. The third-order valence-electron chi connectivity index (χ3n) is 3.58. The largest absolute Gasteiger partial charge is 0.481 e. The van der Waals surface area contributed by atoms with Crippen molar-refractivity contribution in [3.05, 3.63) is 35.4 Å². The van der Waals surface area contributed by atoms with E-state index in [0.717, 1.165) is 5.56 Å². The SMILES string of the molecule is CC1(C)CC(=O)N(Cc2ccc(CC(=O)O)cc2)C(=O)C1. The Labute approximate surface area is 123 Å². The number of aliphatic carboxylic acids is 1. The number of carboxylic acids is 1. The molecule has 2 amide bonds. The lowest BCUT2D eigenvalue weighted by Gasteiger charge is -2.34. The van der Waals surface area contributed by atoms with Crippen LogP contribution >= 0.6 is 0 Å². The summed E-state index contributed by atoms with van der Waals surface area (Å²) in [6, 6.07) is 6.95. The van der Waals surface area contributed by atoms with Gasteiger partial charge in [0.1, 0.15) is 0 Å². The van der Waals surface area contributed by atoms with Crippen molar-refractivity contribution >= 4 is 17.8 Å². The average Bonchev–Trinajstić information content (AvgIpc) is 2.34. The van der Waals surface area contributed by atoms with Crippen LogP contribution in [0, 0.1) is 5.41 Å². The van der Waals surface area contributed by atoms with E-state index in [1.54, 1.807) is 24.3 Å². The van der Waals surface area contributed by atoms with Crippen molar-refractivity contribution in [1.82, 2.24) is 4.90 Å². The van der Waals surface area contributed by atoms with Crippen LogP contribution in [0.2, 0.25) is 0 Å². The molecule has 1 aliphatic heterocycles. The molecule has 5 nitrogen and oxygen atoms in total. The summed E-state index contributed by atoms with van der Waals surface area (Å²) in [6.07, 6.45) is 0.710. The summed E-state index contributed by atoms with van der Waals surface area (Å²) in [4.78, 5) is 36.0. The van der Waals surface area contributed by atoms with Crippen molar-refractivity contribution in [2.24, 2.45) is 5.41 Å². The van der Waals surface area contributed by atoms with E-state index in [1.807, 2.05) is 13.8 Å². The summed E-state index contributed by atoms with van der Waals surface area (Å²) in [5, 5.41) is 8.72. The molecule has 1 fully saturated rings. The van der Waals surface area contributed by atoms with Crippen molar-refractivity contribution in [2.45, 2.75) is 39.7 Å². The molecule has 1 saturated heterocycles. The molecule has 0 aliphatic carbocycles. The highest BCUT2D eigenvalue weighted by molar-refractivity contribution is 5.98. The maximum absolute atomic E-state index is 12.1. The average molecular weight is 289 g/mol. The fourth-order valence-electron chi connectivity index (χ4n) is 2.51. The van der Waals surface area contributed by atoms with Gasteiger partial charge in [-0.1, -0.05) is 38.1 Å². The normalized spacial score (nSPS) is 17.9. The molecule has 0 radical (unpaired) electrons. The Morgan fingerprint density at radius 2 is 1.57 bits per heavy atom. The second kappa shape index (κ2) is 5.68. The molecule has 1 aromatic carbocycles. The van der Waals surface area contributed by atoms with Gasteiger partial charge in [-0.15, -0.1) is 0 Å². The van der Waals surface area contributed by atoms with E-state index < -0.39 is 5.97 Å². The summed E-state index contributed by atoms with van der Waals surface area (Å²) in [5.74, 6) is -1.18. The summed E-state index contributed by atoms with van der Waals surface area (Å²) in [5.41, 5.74) is 1.25. The van der Waals surface area contributed by atoms with Gasteiger partial charge < -0.3 is 5.11 Å². The Bertz CT molecular complexity index is 554. The zero-order valence-electron chi connectivity index (χ0n) is 12.3. The number of rotatable bonds is 4. The molecule has 0 atom stereocenters. The molecule has 1 N–H and O–H groups in total. The maximum atomic E-state index is 12.1. The molecular formula is C16H19NO4. The van der Waals surface area contributed by atoms with Crippen LogP contribution in [0.1, 0.15) is 37.8 Å². The van der Waals surface area contributed by atoms with Gasteiger partial charge in [0.25, 0.3) is 0 Å². The van der Waals surface area contributed by atoms with E-state index in [2.05, 4.69) is 0 Å². The van der Waals surface area contributed by atoms with E-state index in [4.69, 9.17) is 5.11 Å². The number of hydrogen-bond donors (Lipinski definition) is 1. The topological polar surface area (TPSA) is 74.7 Å². The van der Waals surface area contributed by atoms with Crippen LogP contribution in [0.4, 0.5) is 0 Å². The molecule has 0 unspecified atom stereocenters. The number of piperidine rings is 1. The molecule has 0 aromatic heterocycles. The van der Waals surface area contributed by atoms with Crippen LogP contribution < -0.4 is 0 Å². The number of carboxylic acid groups (broad SMARTS) is 1. The van der Waals surface area contributed by atoms with Gasteiger partial charge in [-0.05, 0) is 16.5 Å². The standard InChI is InChI=1S/C16H19NO4/c1-16(2)8-13(18)17(14(19)9-16)10-12-5-3-11(4-6-12)7-15(20)21/h3-6H,7-10H2,1-2H3,(H,20,21). The predicted molar refractivity (Wildman–Crippen MR) is 76.4 cm³/mol. The van der Waals surface area contributed by atoms with Gasteiger partial charge >= 0.3 is 5.97 Å². The van der Waals surface area contributed by atoms with Crippen LogP contribution in [0.15, 0.2) is 24.3 Å². The van der Waals surface area contributed by atoms with Gasteiger partial charge in [0.15, 0.2) is 0 Å². The second-order valence-corrected chi connectivity index (χ2v) is 6.28. The van der Waals surface area contributed by atoms with Crippen molar-refractivity contribution in [3.63, 3.8) is 0 Å². The smallest absolute Gasteiger partial charge is 0.307 e. The van der Waals surface area contributed by atoms with Crippen LogP contribution in [0.5, 0.6) is 0 Å². The molecular weight excluding hydrogens is 270 g/mol. The number of benzene rings is 1. The van der Waals surface area contributed by atoms with Crippen LogP contribution in [-0.2, 0) is 27.3 Å². The van der Waals surface area contributed by atoms with Gasteiger partial charge in [0.2, 0.25) is 11.8 Å². The molecule has 5 heteroatoms. The Kier molecular flexibility index (Phi) is 4.11. The van der Waals surface area contributed by atoms with Crippen molar-refractivity contribution in [3.8, 4) is 0 Å². The number of carbonyl (C=O) groups excluding carboxylic acids is 2. The zero-order chi connectivity index (χ0) is 15.6. The first-order valence-corrected chi connectivity index (χ1v) is 6.90. The lowest BCUT2D eigenvalue weighted by molar-refractivity contribution is -0.153. The lowest BCUT2D eigenvalue weighted by atomic mass is 9.81. The minimum Gasteiger partial charge on any atom is -0.481 e. The van der Waals surface area contributed by atoms with Crippen molar-refractivity contribution < 1.29 is 19.5 Å². The van der Waals surface area contributed by atoms with E-state index in [1.165, 1.54) is 4.90 Å². The van der Waals surface area contributed by atoms with Crippen LogP contribution in [0.3, 0.4) is 0 Å². The Morgan fingerprint density at radius 1 is 1.10 bits per heavy atom. The second-order valence-electron chi connectivity index (χ2n) is 6.28. The summed E-state index contributed by atoms with van der Waals surface area (Å²) < 4.78 is 0. The molecule has 0 saturated carbocycles. The minimum absolute atomic E-state index is 0.0317. The number of imide groups is 1. The molecule has 0 spiro atoms. The zero-order valence-corrected chi connectivity index (χ0v) is 12.3. The summed E-state index contributed by atoms with van der Waals surface area (Å²) in [6.45, 7) is 4.09. The van der Waals surface area contributed by atoms with Crippen molar-refractivity contribution in [2.75, 3.05) is 0 Å². The first-order chi connectivity index (χ1) is 9.77. The number of hydrogen-bond acceptors (Lipinski definition) is 3. The molecule has 1 aromatic rings. The summed E-state index contributed by atoms with van der Waals surface area (Å²) >= 11 is 0.